The van der Waals surface area contributed by atoms with Gasteiger partial charge in [-0.2, -0.15) is 5.26 Å². The van der Waals surface area contributed by atoms with Crippen LogP contribution < -0.4 is 0 Å². The molecule has 14 heavy (non-hydrogen) atoms. The maximum atomic E-state index is 8.50. The van der Waals surface area contributed by atoms with Crippen LogP contribution in [0.5, 0.6) is 0 Å². The van der Waals surface area contributed by atoms with Crippen molar-refractivity contribution in [1.29, 1.82) is 5.26 Å². The molecule has 0 bridgehead atoms. The predicted molar refractivity (Wildman–Crippen MR) is 58.0 cm³/mol. The summed E-state index contributed by atoms with van der Waals surface area (Å²) in [5.74, 6) is 0. The molecule has 0 aromatic heterocycles. The fraction of sp³-hybridized carbons (Fsp3) is 0.364. The van der Waals surface area contributed by atoms with Gasteiger partial charge in [0.05, 0.1) is 18.1 Å². The molecule has 2 nitrogen and oxygen atoms in total. The summed E-state index contributed by atoms with van der Waals surface area (Å²) in [5, 5.41) is 8.50. The predicted octanol–water partition coefficient (Wildman–Crippen LogP) is 2.25. The molecule has 1 aromatic rings. The summed E-state index contributed by atoms with van der Waals surface area (Å²) in [5.41, 5.74) is 1.08. The number of alkyl halides is 1. The van der Waals surface area contributed by atoms with Gasteiger partial charge < -0.3 is 0 Å². The summed E-state index contributed by atoms with van der Waals surface area (Å²) in [7, 11) is 1.85. The number of hydrogen-bond donors (Lipinski definition) is 0. The van der Waals surface area contributed by atoms with Crippen molar-refractivity contribution < 1.29 is 0 Å². The third-order valence-corrected chi connectivity index (χ3v) is 2.53. The number of benzene rings is 1. The van der Waals surface area contributed by atoms with Crippen molar-refractivity contribution in [3.05, 3.63) is 35.9 Å². The Bertz CT molecular complexity index is 305. The molecule has 0 aliphatic heterocycles. The van der Waals surface area contributed by atoms with E-state index < -0.39 is 0 Å². The van der Waals surface area contributed by atoms with Crippen molar-refractivity contribution in [3.8, 4) is 6.07 Å². The maximum Gasteiger partial charge on any atom is 0.0896 e. The lowest BCUT2D eigenvalue weighted by atomic mass is 10.1. The summed E-state index contributed by atoms with van der Waals surface area (Å²) in [6.45, 7) is 0.362. The standard InChI is InChI=1S/C11H13ClN2/c1-14(8-7-13)11(12)9-10-5-3-2-4-6-10/h2-6,11H,8-9H2,1H3. The SMILES string of the molecule is CN(CC#N)C(Cl)Cc1ccccc1. The van der Waals surface area contributed by atoms with E-state index in [2.05, 4.69) is 6.07 Å². The van der Waals surface area contributed by atoms with Gasteiger partial charge >= 0.3 is 0 Å². The molecular weight excluding hydrogens is 196 g/mol. The molecule has 0 spiro atoms. The van der Waals surface area contributed by atoms with Gasteiger partial charge in [0.2, 0.25) is 0 Å². The molecule has 74 valence electrons. The number of nitriles is 1. The average molecular weight is 209 g/mol. The van der Waals surface area contributed by atoms with E-state index in [1.54, 1.807) is 0 Å². The van der Waals surface area contributed by atoms with E-state index in [9.17, 15) is 0 Å². The zero-order valence-corrected chi connectivity index (χ0v) is 8.91. The number of nitrogens with zero attached hydrogens (tertiary/aromatic N) is 2. The Labute approximate surface area is 89.7 Å². The Morgan fingerprint density at radius 3 is 2.64 bits per heavy atom. The van der Waals surface area contributed by atoms with Crippen LogP contribution in [0, 0.1) is 11.3 Å². The largest absolute Gasteiger partial charge is 0.277 e. The fourth-order valence-electron chi connectivity index (χ4n) is 1.18. The molecule has 0 aliphatic carbocycles. The minimum Gasteiger partial charge on any atom is -0.277 e. The average Bonchev–Trinajstić information content (AvgIpc) is 2.19. The minimum absolute atomic E-state index is 0.114. The van der Waals surface area contributed by atoms with Crippen molar-refractivity contribution in [1.82, 2.24) is 4.90 Å². The zero-order chi connectivity index (χ0) is 10.4. The van der Waals surface area contributed by atoms with Gasteiger partial charge in [0.25, 0.3) is 0 Å². The van der Waals surface area contributed by atoms with E-state index >= 15 is 0 Å². The lowest BCUT2D eigenvalue weighted by Crippen LogP contribution is -2.29. The molecule has 0 radical (unpaired) electrons. The molecule has 0 saturated heterocycles. The topological polar surface area (TPSA) is 27.0 Å². The van der Waals surface area contributed by atoms with Gasteiger partial charge in [-0.1, -0.05) is 30.3 Å². The highest BCUT2D eigenvalue weighted by molar-refractivity contribution is 6.20. The van der Waals surface area contributed by atoms with Crippen LogP contribution in [0.1, 0.15) is 5.56 Å². The summed E-state index contributed by atoms with van der Waals surface area (Å²) in [6, 6.07) is 12.1. The first-order valence-electron chi connectivity index (χ1n) is 4.49. The van der Waals surface area contributed by atoms with E-state index in [4.69, 9.17) is 16.9 Å². The molecule has 1 unspecified atom stereocenters. The third kappa shape index (κ3) is 3.37. The van der Waals surface area contributed by atoms with Crippen molar-refractivity contribution in [2.75, 3.05) is 13.6 Å². The number of halogens is 1. The molecule has 1 atom stereocenters. The second kappa shape index (κ2) is 5.64. The van der Waals surface area contributed by atoms with Crippen LogP contribution in [0.25, 0.3) is 0 Å². The first-order chi connectivity index (χ1) is 6.74. The Morgan fingerprint density at radius 1 is 1.43 bits per heavy atom. The molecular formula is C11H13ClN2. The summed E-state index contributed by atoms with van der Waals surface area (Å²) < 4.78 is 0. The van der Waals surface area contributed by atoms with Gasteiger partial charge in [0.15, 0.2) is 0 Å². The quantitative estimate of drug-likeness (QED) is 0.431. The van der Waals surface area contributed by atoms with E-state index in [1.807, 2.05) is 42.3 Å². The van der Waals surface area contributed by atoms with E-state index in [0.29, 0.717) is 6.54 Å². The summed E-state index contributed by atoms with van der Waals surface area (Å²) in [6.07, 6.45) is 0.764. The van der Waals surface area contributed by atoms with Gasteiger partial charge in [-0.05, 0) is 12.6 Å². The van der Waals surface area contributed by atoms with Crippen molar-refractivity contribution in [3.63, 3.8) is 0 Å². The van der Waals surface area contributed by atoms with Crippen LogP contribution in [0.2, 0.25) is 0 Å². The highest BCUT2D eigenvalue weighted by Gasteiger charge is 2.10. The van der Waals surface area contributed by atoms with Crippen LogP contribution in [0.4, 0.5) is 0 Å². The molecule has 0 aliphatic rings. The zero-order valence-electron chi connectivity index (χ0n) is 8.15. The molecule has 1 rings (SSSR count). The lowest BCUT2D eigenvalue weighted by molar-refractivity contribution is 0.343. The smallest absolute Gasteiger partial charge is 0.0896 e. The van der Waals surface area contributed by atoms with Gasteiger partial charge in [0, 0.05) is 6.42 Å². The molecule has 0 saturated carbocycles. The molecule has 0 heterocycles. The highest BCUT2D eigenvalue weighted by atomic mass is 35.5. The molecule has 1 aromatic carbocycles. The maximum absolute atomic E-state index is 8.50. The normalized spacial score (nSPS) is 12.4. The third-order valence-electron chi connectivity index (χ3n) is 2.05. The monoisotopic (exact) mass is 208 g/mol. The van der Waals surface area contributed by atoms with Crippen LogP contribution in [0.15, 0.2) is 30.3 Å². The Morgan fingerprint density at radius 2 is 2.07 bits per heavy atom. The second-order valence-corrected chi connectivity index (χ2v) is 3.70. The highest BCUT2D eigenvalue weighted by Crippen LogP contribution is 2.10. The van der Waals surface area contributed by atoms with Gasteiger partial charge in [0.1, 0.15) is 0 Å². The first-order valence-corrected chi connectivity index (χ1v) is 4.93. The molecule has 0 amide bonds. The van der Waals surface area contributed by atoms with Crippen molar-refractivity contribution in [2.24, 2.45) is 0 Å². The van der Waals surface area contributed by atoms with Gasteiger partial charge in [-0.25, -0.2) is 0 Å². The summed E-state index contributed by atoms with van der Waals surface area (Å²) >= 11 is 6.12. The second-order valence-electron chi connectivity index (χ2n) is 3.20. The van der Waals surface area contributed by atoms with E-state index in [-0.39, 0.29) is 5.50 Å². The Hall–Kier alpha value is -1.04. The van der Waals surface area contributed by atoms with Crippen LogP contribution in [0.3, 0.4) is 0 Å². The summed E-state index contributed by atoms with van der Waals surface area (Å²) in [4.78, 5) is 1.83. The fourth-order valence-corrected chi connectivity index (χ4v) is 1.42. The lowest BCUT2D eigenvalue weighted by Gasteiger charge is -2.19. The van der Waals surface area contributed by atoms with E-state index in [0.717, 1.165) is 6.42 Å². The van der Waals surface area contributed by atoms with Gasteiger partial charge in [-0.3, -0.25) is 4.90 Å². The number of likely N-dealkylation sites (N-methyl/N-ethyl adjacent to an activating group) is 1. The van der Waals surface area contributed by atoms with Crippen LogP contribution in [-0.4, -0.2) is 24.0 Å². The molecule has 0 fully saturated rings. The first kappa shape index (κ1) is 11.0. The Kier molecular flexibility index (Phi) is 4.45. The van der Waals surface area contributed by atoms with Crippen LogP contribution >= 0.6 is 11.6 Å². The van der Waals surface area contributed by atoms with E-state index in [1.165, 1.54) is 5.56 Å². The van der Waals surface area contributed by atoms with Crippen molar-refractivity contribution >= 4 is 11.6 Å². The molecule has 3 heteroatoms. The van der Waals surface area contributed by atoms with Crippen molar-refractivity contribution in [2.45, 2.75) is 11.9 Å². The molecule has 0 N–H and O–H groups in total. The number of rotatable bonds is 4. The van der Waals surface area contributed by atoms with Crippen LogP contribution in [-0.2, 0) is 6.42 Å². The Balaban J connectivity index is 2.49. The minimum atomic E-state index is -0.114. The number of hydrogen-bond acceptors (Lipinski definition) is 2. The van der Waals surface area contributed by atoms with Gasteiger partial charge in [-0.15, -0.1) is 11.6 Å².